The van der Waals surface area contributed by atoms with Gasteiger partial charge < -0.3 is 14.2 Å². The van der Waals surface area contributed by atoms with Crippen LogP contribution in [0.1, 0.15) is 5.56 Å². The maximum Gasteiger partial charge on any atom is 0.416 e. The lowest BCUT2D eigenvalue weighted by molar-refractivity contribution is -0.137. The number of anilines is 2. The molecule has 2 aromatic heterocycles. The number of hydrogen-bond acceptors (Lipinski definition) is 6. The van der Waals surface area contributed by atoms with Gasteiger partial charge in [-0.3, -0.25) is 4.79 Å². The molecule has 12 heteroatoms. The molecule has 0 spiro atoms. The minimum Gasteiger partial charge on any atom is -0.495 e. The number of benzene rings is 3. The highest BCUT2D eigenvalue weighted by molar-refractivity contribution is 7.93. The van der Waals surface area contributed by atoms with Crippen LogP contribution in [0.15, 0.2) is 99.3 Å². The van der Waals surface area contributed by atoms with Gasteiger partial charge in [0.2, 0.25) is 5.56 Å². The molecular formula is C26H18F3N3O5S. The molecule has 0 bridgehead atoms. The Morgan fingerprint density at radius 3 is 2.45 bits per heavy atom. The zero-order valence-corrected chi connectivity index (χ0v) is 20.4. The van der Waals surface area contributed by atoms with Gasteiger partial charge in [-0.1, -0.05) is 23.4 Å². The van der Waals surface area contributed by atoms with Gasteiger partial charge in [-0.15, -0.1) is 0 Å². The van der Waals surface area contributed by atoms with Gasteiger partial charge in [0, 0.05) is 17.6 Å². The Balaban J connectivity index is 1.70. The van der Waals surface area contributed by atoms with Crippen molar-refractivity contribution in [2.45, 2.75) is 11.1 Å². The van der Waals surface area contributed by atoms with E-state index in [1.807, 2.05) is 0 Å². The van der Waals surface area contributed by atoms with Crippen LogP contribution in [0.2, 0.25) is 0 Å². The second kappa shape index (κ2) is 9.38. The number of nitrogens with one attached hydrogen (secondary N) is 1. The average molecular weight is 542 g/mol. The van der Waals surface area contributed by atoms with Crippen molar-refractivity contribution in [3.63, 3.8) is 0 Å². The second-order valence-electron chi connectivity index (χ2n) is 8.16. The van der Waals surface area contributed by atoms with E-state index in [9.17, 15) is 26.4 Å². The zero-order valence-electron chi connectivity index (χ0n) is 19.6. The number of nitrogens with zero attached hydrogens (tertiary/aromatic N) is 2. The van der Waals surface area contributed by atoms with Gasteiger partial charge in [0.1, 0.15) is 17.7 Å². The molecule has 194 valence electrons. The molecule has 5 aromatic rings. The van der Waals surface area contributed by atoms with Crippen LogP contribution in [0.5, 0.6) is 5.75 Å². The third-order valence-electron chi connectivity index (χ3n) is 5.79. The molecule has 0 radical (unpaired) electrons. The van der Waals surface area contributed by atoms with Crippen molar-refractivity contribution < 1.29 is 30.8 Å². The monoisotopic (exact) mass is 541 g/mol. The van der Waals surface area contributed by atoms with Gasteiger partial charge in [-0.25, -0.2) is 12.7 Å². The molecule has 0 fully saturated rings. The van der Waals surface area contributed by atoms with Crippen molar-refractivity contribution in [2.75, 3.05) is 11.4 Å². The van der Waals surface area contributed by atoms with Gasteiger partial charge in [-0.2, -0.15) is 13.2 Å². The van der Waals surface area contributed by atoms with E-state index in [4.69, 9.17) is 9.26 Å². The normalized spacial score (nSPS) is 12.0. The quantitative estimate of drug-likeness (QED) is 0.294. The Kier molecular flexibility index (Phi) is 6.19. The highest BCUT2D eigenvalue weighted by Crippen LogP contribution is 2.41. The maximum absolute atomic E-state index is 14.0. The Morgan fingerprint density at radius 2 is 1.74 bits per heavy atom. The molecule has 0 saturated heterocycles. The Bertz CT molecular complexity index is 1800. The summed E-state index contributed by atoms with van der Waals surface area (Å²) in [4.78, 5) is 14.1. The first-order valence-corrected chi connectivity index (χ1v) is 12.5. The second-order valence-corrected chi connectivity index (χ2v) is 9.95. The Labute approximate surface area is 213 Å². The van der Waals surface area contributed by atoms with E-state index in [1.54, 1.807) is 0 Å². The van der Waals surface area contributed by atoms with E-state index < -0.39 is 21.8 Å². The summed E-state index contributed by atoms with van der Waals surface area (Å²) in [6, 6.07) is 17.3. The van der Waals surface area contributed by atoms with E-state index in [-0.39, 0.29) is 33.3 Å². The van der Waals surface area contributed by atoms with Crippen LogP contribution < -0.4 is 14.6 Å². The predicted octanol–water partition coefficient (Wildman–Crippen LogP) is 5.74. The minimum absolute atomic E-state index is 0.00197. The number of aromatic amines is 1. The number of H-pyrrole nitrogens is 1. The summed E-state index contributed by atoms with van der Waals surface area (Å²) in [7, 11) is -3.05. The van der Waals surface area contributed by atoms with E-state index in [0.29, 0.717) is 16.5 Å². The fourth-order valence-electron chi connectivity index (χ4n) is 3.99. The molecule has 0 aliphatic rings. The number of alkyl halides is 3. The standard InChI is InChI=1S/C26H18F3N3O5S/c1-36-23-9-5-17(16-3-2-4-19(13-16)26(27,28)29)15-22(23)32(24-11-12-37-31-24)38(34,35)20-7-8-21-18(14-20)6-10-25(33)30-21/h2-15H,1H3,(H,30,33). The molecule has 0 atom stereocenters. The molecule has 38 heavy (non-hydrogen) atoms. The molecule has 0 saturated carbocycles. The number of halogens is 3. The fraction of sp³-hybridized carbons (Fsp3) is 0.0769. The third-order valence-corrected chi connectivity index (χ3v) is 7.50. The Hall–Kier alpha value is -4.58. The lowest BCUT2D eigenvalue weighted by Gasteiger charge is -2.24. The minimum atomic E-state index is -4.55. The molecule has 1 N–H and O–H groups in total. The number of hydrogen-bond donors (Lipinski definition) is 1. The van der Waals surface area contributed by atoms with Crippen LogP contribution in [0, 0.1) is 0 Å². The number of pyridine rings is 1. The highest BCUT2D eigenvalue weighted by atomic mass is 32.2. The van der Waals surface area contributed by atoms with Gasteiger partial charge >= 0.3 is 6.18 Å². The van der Waals surface area contributed by atoms with Crippen molar-refractivity contribution in [1.82, 2.24) is 10.1 Å². The molecule has 0 aliphatic heterocycles. The summed E-state index contributed by atoms with van der Waals surface area (Å²) in [6.07, 6.45) is -3.37. The summed E-state index contributed by atoms with van der Waals surface area (Å²) < 4.78 is 79.2. The van der Waals surface area contributed by atoms with Crippen molar-refractivity contribution in [1.29, 1.82) is 0 Å². The third kappa shape index (κ3) is 4.61. The first-order chi connectivity index (χ1) is 18.1. The molecule has 8 nitrogen and oxygen atoms in total. The van der Waals surface area contributed by atoms with E-state index in [0.717, 1.165) is 16.4 Å². The molecular weight excluding hydrogens is 523 g/mol. The number of ether oxygens (including phenoxy) is 1. The average Bonchev–Trinajstić information content (AvgIpc) is 3.42. The van der Waals surface area contributed by atoms with Crippen LogP contribution >= 0.6 is 0 Å². The molecule has 0 unspecified atom stereocenters. The summed E-state index contributed by atoms with van der Waals surface area (Å²) in [5.74, 6) is 0.0171. The van der Waals surface area contributed by atoms with E-state index >= 15 is 0 Å². The number of fused-ring (bicyclic) bond motifs is 1. The van der Waals surface area contributed by atoms with Gasteiger partial charge in [0.25, 0.3) is 10.0 Å². The number of methoxy groups -OCH3 is 1. The zero-order chi connectivity index (χ0) is 27.1. The highest BCUT2D eigenvalue weighted by Gasteiger charge is 2.33. The van der Waals surface area contributed by atoms with Crippen LogP contribution in [0.3, 0.4) is 0 Å². The van der Waals surface area contributed by atoms with Crippen LogP contribution in [-0.2, 0) is 16.2 Å². The molecule has 5 rings (SSSR count). The van der Waals surface area contributed by atoms with Crippen LogP contribution in [0.4, 0.5) is 24.7 Å². The lowest BCUT2D eigenvalue weighted by atomic mass is 10.0. The van der Waals surface area contributed by atoms with Crippen LogP contribution in [0.25, 0.3) is 22.0 Å². The lowest BCUT2D eigenvalue weighted by Crippen LogP contribution is -2.27. The SMILES string of the molecule is COc1ccc(-c2cccc(C(F)(F)F)c2)cc1N(c1ccon1)S(=O)(=O)c1ccc2[nH]c(=O)ccc2c1. The summed E-state index contributed by atoms with van der Waals surface area (Å²) in [5.41, 5.74) is -0.218. The van der Waals surface area contributed by atoms with Crippen LogP contribution in [-0.4, -0.2) is 25.7 Å². The molecule has 0 aliphatic carbocycles. The summed E-state index contributed by atoms with van der Waals surface area (Å²) >= 11 is 0. The Morgan fingerprint density at radius 1 is 0.947 bits per heavy atom. The molecule has 2 heterocycles. The maximum atomic E-state index is 14.0. The summed E-state index contributed by atoms with van der Waals surface area (Å²) in [6.45, 7) is 0. The van der Waals surface area contributed by atoms with E-state index in [2.05, 4.69) is 10.1 Å². The number of aromatic nitrogens is 2. The van der Waals surface area contributed by atoms with Gasteiger partial charge in [0.05, 0.1) is 17.6 Å². The van der Waals surface area contributed by atoms with Crippen molar-refractivity contribution >= 4 is 32.4 Å². The smallest absolute Gasteiger partial charge is 0.416 e. The predicted molar refractivity (Wildman–Crippen MR) is 134 cm³/mol. The van der Waals surface area contributed by atoms with Crippen molar-refractivity contribution in [3.05, 3.63) is 101 Å². The topological polar surface area (TPSA) is 106 Å². The van der Waals surface area contributed by atoms with E-state index in [1.165, 1.54) is 80.1 Å². The first kappa shape index (κ1) is 25.1. The summed E-state index contributed by atoms with van der Waals surface area (Å²) in [5, 5.41) is 4.27. The van der Waals surface area contributed by atoms with Gasteiger partial charge in [0.15, 0.2) is 5.82 Å². The molecule has 0 amide bonds. The first-order valence-electron chi connectivity index (χ1n) is 11.0. The van der Waals surface area contributed by atoms with Crippen molar-refractivity contribution in [2.24, 2.45) is 0 Å². The molecule has 3 aromatic carbocycles. The van der Waals surface area contributed by atoms with Crippen molar-refractivity contribution in [3.8, 4) is 16.9 Å². The number of sulfonamides is 1. The fourth-order valence-corrected chi connectivity index (χ4v) is 5.46. The number of rotatable bonds is 6. The largest absolute Gasteiger partial charge is 0.495 e. The van der Waals surface area contributed by atoms with Gasteiger partial charge in [-0.05, 0) is 65.0 Å².